The van der Waals surface area contributed by atoms with Crippen molar-refractivity contribution in [1.82, 2.24) is 5.32 Å². The van der Waals surface area contributed by atoms with Gasteiger partial charge in [-0.25, -0.2) is 0 Å². The van der Waals surface area contributed by atoms with E-state index < -0.39 is 0 Å². The van der Waals surface area contributed by atoms with E-state index in [1.807, 2.05) is 0 Å². The molecular weight excluding hydrogens is 186 g/mol. The molecule has 1 aromatic rings. The second-order valence-corrected chi connectivity index (χ2v) is 4.12. The molecule has 0 aliphatic rings. The molecule has 15 heavy (non-hydrogen) atoms. The topological polar surface area (TPSA) is 32.3 Å². The fourth-order valence-electron chi connectivity index (χ4n) is 1.64. The van der Waals surface area contributed by atoms with E-state index in [0.717, 1.165) is 19.5 Å². The summed E-state index contributed by atoms with van der Waals surface area (Å²) >= 11 is 0. The van der Waals surface area contributed by atoms with Gasteiger partial charge in [-0.2, -0.15) is 0 Å². The summed E-state index contributed by atoms with van der Waals surface area (Å²) in [7, 11) is 0. The Kier molecular flexibility index (Phi) is 4.79. The summed E-state index contributed by atoms with van der Waals surface area (Å²) in [4.78, 5) is 0. The number of nitrogens with one attached hydrogen (secondary N) is 1. The van der Waals surface area contributed by atoms with E-state index in [2.05, 4.69) is 38.2 Å². The molecule has 84 valence electrons. The maximum absolute atomic E-state index is 8.66. The fraction of sp³-hybridized carbons (Fsp3) is 0.538. The van der Waals surface area contributed by atoms with Crippen molar-refractivity contribution in [1.29, 1.82) is 0 Å². The predicted octanol–water partition coefficient (Wildman–Crippen LogP) is 2.08. The number of benzene rings is 1. The minimum atomic E-state index is 0.263. The Labute approximate surface area is 92.3 Å². The molecular formula is C13H21NO. The zero-order valence-electron chi connectivity index (χ0n) is 9.93. The Balaban J connectivity index is 2.57. The van der Waals surface area contributed by atoms with Gasteiger partial charge < -0.3 is 10.4 Å². The molecule has 0 saturated heterocycles. The van der Waals surface area contributed by atoms with Gasteiger partial charge in [-0.05, 0) is 56.0 Å². The summed E-state index contributed by atoms with van der Waals surface area (Å²) in [6.45, 7) is 8.47. The fourth-order valence-corrected chi connectivity index (χ4v) is 1.64. The minimum absolute atomic E-state index is 0.263. The highest BCUT2D eigenvalue weighted by molar-refractivity contribution is 5.36. The molecule has 0 bridgehead atoms. The summed E-state index contributed by atoms with van der Waals surface area (Å²) in [5.41, 5.74) is 5.40. The molecule has 1 rings (SSSR count). The highest BCUT2D eigenvalue weighted by Gasteiger charge is 2.01. The second kappa shape index (κ2) is 5.89. The van der Waals surface area contributed by atoms with Crippen LogP contribution in [0, 0.1) is 20.8 Å². The molecule has 0 fully saturated rings. The van der Waals surface area contributed by atoms with E-state index in [0.29, 0.717) is 0 Å². The first-order valence-corrected chi connectivity index (χ1v) is 5.53. The van der Waals surface area contributed by atoms with Gasteiger partial charge in [0.05, 0.1) is 0 Å². The third-order valence-corrected chi connectivity index (χ3v) is 2.78. The largest absolute Gasteiger partial charge is 0.396 e. The lowest BCUT2D eigenvalue weighted by Crippen LogP contribution is -2.16. The average Bonchev–Trinajstić information content (AvgIpc) is 2.20. The number of aliphatic hydroxyl groups is 1. The van der Waals surface area contributed by atoms with Gasteiger partial charge >= 0.3 is 0 Å². The molecule has 0 aliphatic carbocycles. The van der Waals surface area contributed by atoms with Gasteiger partial charge in [0.2, 0.25) is 0 Å². The van der Waals surface area contributed by atoms with Crippen molar-refractivity contribution < 1.29 is 5.11 Å². The van der Waals surface area contributed by atoms with Gasteiger partial charge in [0.1, 0.15) is 0 Å². The van der Waals surface area contributed by atoms with Crippen LogP contribution in [-0.2, 0) is 6.54 Å². The van der Waals surface area contributed by atoms with Crippen molar-refractivity contribution >= 4 is 0 Å². The zero-order valence-corrected chi connectivity index (χ0v) is 9.93. The number of aliphatic hydroxyl groups excluding tert-OH is 1. The summed E-state index contributed by atoms with van der Waals surface area (Å²) in [6.07, 6.45) is 0.823. The van der Waals surface area contributed by atoms with Gasteiger partial charge in [0, 0.05) is 13.2 Å². The van der Waals surface area contributed by atoms with Crippen LogP contribution < -0.4 is 5.32 Å². The SMILES string of the molecule is Cc1cc(C)c(CNCCCO)cc1C. The first-order valence-electron chi connectivity index (χ1n) is 5.53. The molecule has 2 heteroatoms. The van der Waals surface area contributed by atoms with Crippen LogP contribution in [0.5, 0.6) is 0 Å². The van der Waals surface area contributed by atoms with Crippen LogP contribution in [0.25, 0.3) is 0 Å². The van der Waals surface area contributed by atoms with Crippen molar-refractivity contribution in [2.24, 2.45) is 0 Å². The van der Waals surface area contributed by atoms with Crippen LogP contribution in [0.3, 0.4) is 0 Å². The molecule has 0 saturated carbocycles. The third-order valence-electron chi connectivity index (χ3n) is 2.78. The average molecular weight is 207 g/mol. The molecule has 2 N–H and O–H groups in total. The lowest BCUT2D eigenvalue weighted by molar-refractivity contribution is 0.286. The van der Waals surface area contributed by atoms with Gasteiger partial charge in [-0.1, -0.05) is 12.1 Å². The molecule has 0 aromatic heterocycles. The van der Waals surface area contributed by atoms with Crippen LogP contribution in [0.4, 0.5) is 0 Å². The number of hydrogen-bond acceptors (Lipinski definition) is 2. The highest BCUT2D eigenvalue weighted by atomic mass is 16.3. The standard InChI is InChI=1S/C13H21NO/c1-10-7-12(3)13(8-11(10)2)9-14-5-4-6-15/h7-8,14-15H,4-6,9H2,1-3H3. The lowest BCUT2D eigenvalue weighted by Gasteiger charge is -2.10. The number of hydrogen-bond donors (Lipinski definition) is 2. The first-order chi connectivity index (χ1) is 7.15. The maximum atomic E-state index is 8.66. The number of rotatable bonds is 5. The van der Waals surface area contributed by atoms with E-state index in [-0.39, 0.29) is 6.61 Å². The predicted molar refractivity (Wildman–Crippen MR) is 64.1 cm³/mol. The zero-order chi connectivity index (χ0) is 11.3. The summed E-state index contributed by atoms with van der Waals surface area (Å²) < 4.78 is 0. The molecule has 2 nitrogen and oxygen atoms in total. The quantitative estimate of drug-likeness (QED) is 0.725. The molecule has 0 spiro atoms. The first kappa shape index (κ1) is 12.2. The molecule has 0 radical (unpaired) electrons. The molecule has 0 unspecified atom stereocenters. The Morgan fingerprint density at radius 3 is 2.40 bits per heavy atom. The smallest absolute Gasteiger partial charge is 0.0443 e. The van der Waals surface area contributed by atoms with Crippen LogP contribution in [0.15, 0.2) is 12.1 Å². The Morgan fingerprint density at radius 1 is 1.07 bits per heavy atom. The summed E-state index contributed by atoms with van der Waals surface area (Å²) in [5.74, 6) is 0. The van der Waals surface area contributed by atoms with Crippen molar-refractivity contribution in [2.75, 3.05) is 13.2 Å². The molecule has 0 atom stereocenters. The summed E-state index contributed by atoms with van der Waals surface area (Å²) in [5, 5.41) is 12.0. The van der Waals surface area contributed by atoms with Gasteiger partial charge in [-0.15, -0.1) is 0 Å². The van der Waals surface area contributed by atoms with Crippen LogP contribution in [0.1, 0.15) is 28.7 Å². The Hall–Kier alpha value is -0.860. The maximum Gasteiger partial charge on any atom is 0.0443 e. The van der Waals surface area contributed by atoms with Gasteiger partial charge in [0.15, 0.2) is 0 Å². The van der Waals surface area contributed by atoms with Crippen LogP contribution in [-0.4, -0.2) is 18.3 Å². The molecule has 0 heterocycles. The van der Waals surface area contributed by atoms with E-state index in [9.17, 15) is 0 Å². The van der Waals surface area contributed by atoms with Crippen molar-refractivity contribution in [3.05, 3.63) is 34.4 Å². The Morgan fingerprint density at radius 2 is 1.73 bits per heavy atom. The second-order valence-electron chi connectivity index (χ2n) is 4.12. The number of aryl methyl sites for hydroxylation is 3. The summed E-state index contributed by atoms with van der Waals surface area (Å²) in [6, 6.07) is 4.48. The van der Waals surface area contributed by atoms with Crippen LogP contribution >= 0.6 is 0 Å². The molecule has 0 amide bonds. The normalized spacial score (nSPS) is 10.7. The molecule has 1 aromatic carbocycles. The van der Waals surface area contributed by atoms with Crippen molar-refractivity contribution in [2.45, 2.75) is 33.7 Å². The Bertz CT molecular complexity index is 321. The van der Waals surface area contributed by atoms with Crippen LogP contribution in [0.2, 0.25) is 0 Å². The molecule has 0 aliphatic heterocycles. The highest BCUT2D eigenvalue weighted by Crippen LogP contribution is 2.14. The third kappa shape index (κ3) is 3.65. The van der Waals surface area contributed by atoms with Gasteiger partial charge in [0.25, 0.3) is 0 Å². The van der Waals surface area contributed by atoms with E-state index in [1.54, 1.807) is 0 Å². The van der Waals surface area contributed by atoms with Gasteiger partial charge in [-0.3, -0.25) is 0 Å². The van der Waals surface area contributed by atoms with E-state index in [1.165, 1.54) is 22.3 Å². The van der Waals surface area contributed by atoms with E-state index >= 15 is 0 Å². The monoisotopic (exact) mass is 207 g/mol. The van der Waals surface area contributed by atoms with Crippen molar-refractivity contribution in [3.63, 3.8) is 0 Å². The van der Waals surface area contributed by atoms with Crippen molar-refractivity contribution in [3.8, 4) is 0 Å². The minimum Gasteiger partial charge on any atom is -0.396 e. The lowest BCUT2D eigenvalue weighted by atomic mass is 10.0. The van der Waals surface area contributed by atoms with E-state index in [4.69, 9.17) is 5.11 Å².